The Balaban J connectivity index is 1.96. The maximum atomic E-state index is 12.1. The number of nitrogens with zero attached hydrogens (tertiary/aromatic N) is 2. The molecule has 96 valence electrons. The molecule has 2 N–H and O–H groups in total. The standard InChI is InChI=1S/C13H16BrN3O/c14-9-5-8(6-16-7-9)13-11(15)3-4-12(18)17(13)10-1-2-10/h5-7,10-11,13H,1-4,15H2. The Morgan fingerprint density at radius 3 is 2.78 bits per heavy atom. The first kappa shape index (κ1) is 12.1. The number of piperidine rings is 1. The van der Waals surface area contributed by atoms with E-state index in [9.17, 15) is 4.79 Å². The molecule has 1 aliphatic heterocycles. The van der Waals surface area contributed by atoms with Crippen LogP contribution in [0.15, 0.2) is 22.9 Å². The number of rotatable bonds is 2. The predicted molar refractivity (Wildman–Crippen MR) is 71.8 cm³/mol. The van der Waals surface area contributed by atoms with Crippen LogP contribution in [0.5, 0.6) is 0 Å². The van der Waals surface area contributed by atoms with Gasteiger partial charge in [0.05, 0.1) is 6.04 Å². The average Bonchev–Trinajstić information content (AvgIpc) is 3.16. The highest BCUT2D eigenvalue weighted by molar-refractivity contribution is 9.10. The van der Waals surface area contributed by atoms with Gasteiger partial charge in [0.25, 0.3) is 0 Å². The summed E-state index contributed by atoms with van der Waals surface area (Å²) in [6, 6.07) is 2.42. The van der Waals surface area contributed by atoms with E-state index < -0.39 is 0 Å². The molecule has 0 radical (unpaired) electrons. The topological polar surface area (TPSA) is 59.2 Å². The van der Waals surface area contributed by atoms with Gasteiger partial charge < -0.3 is 10.6 Å². The van der Waals surface area contributed by atoms with Gasteiger partial charge in [-0.05, 0) is 46.8 Å². The van der Waals surface area contributed by atoms with Gasteiger partial charge in [-0.3, -0.25) is 9.78 Å². The number of pyridine rings is 1. The van der Waals surface area contributed by atoms with Crippen molar-refractivity contribution in [1.82, 2.24) is 9.88 Å². The Bertz CT molecular complexity index is 475. The minimum absolute atomic E-state index is 0.0104. The van der Waals surface area contributed by atoms with Crippen molar-refractivity contribution in [3.05, 3.63) is 28.5 Å². The number of nitrogens with two attached hydrogens (primary N) is 1. The van der Waals surface area contributed by atoms with Crippen molar-refractivity contribution in [2.45, 2.75) is 43.8 Å². The summed E-state index contributed by atoms with van der Waals surface area (Å²) >= 11 is 3.43. The molecular formula is C13H16BrN3O. The molecule has 0 aromatic carbocycles. The van der Waals surface area contributed by atoms with E-state index >= 15 is 0 Å². The third-order valence-electron chi connectivity index (χ3n) is 3.69. The number of aromatic nitrogens is 1. The number of carbonyl (C=O) groups excluding carboxylic acids is 1. The normalized spacial score (nSPS) is 28.6. The van der Waals surface area contributed by atoms with E-state index in [2.05, 4.69) is 20.9 Å². The third-order valence-corrected chi connectivity index (χ3v) is 4.13. The van der Waals surface area contributed by atoms with E-state index in [-0.39, 0.29) is 18.0 Å². The Labute approximate surface area is 115 Å². The van der Waals surface area contributed by atoms with E-state index in [4.69, 9.17) is 5.73 Å². The van der Waals surface area contributed by atoms with Crippen molar-refractivity contribution < 1.29 is 4.79 Å². The lowest BCUT2D eigenvalue weighted by Gasteiger charge is -2.40. The highest BCUT2D eigenvalue weighted by Crippen LogP contribution is 2.40. The van der Waals surface area contributed by atoms with E-state index in [1.165, 1.54) is 0 Å². The quantitative estimate of drug-likeness (QED) is 0.909. The van der Waals surface area contributed by atoms with Gasteiger partial charge in [-0.25, -0.2) is 0 Å². The molecule has 2 fully saturated rings. The molecule has 5 heteroatoms. The second-order valence-electron chi connectivity index (χ2n) is 5.12. The van der Waals surface area contributed by atoms with Gasteiger partial charge in [0.15, 0.2) is 0 Å². The van der Waals surface area contributed by atoms with Crippen LogP contribution >= 0.6 is 15.9 Å². The number of halogens is 1. The lowest BCUT2D eigenvalue weighted by atomic mass is 9.91. The van der Waals surface area contributed by atoms with E-state index in [0.717, 1.165) is 29.3 Å². The van der Waals surface area contributed by atoms with E-state index in [0.29, 0.717) is 12.5 Å². The molecule has 1 aromatic rings. The molecule has 1 saturated heterocycles. The first-order chi connectivity index (χ1) is 8.66. The van der Waals surface area contributed by atoms with Crippen LogP contribution in [0.3, 0.4) is 0 Å². The van der Waals surface area contributed by atoms with Crippen LogP contribution in [0.4, 0.5) is 0 Å². The Kier molecular flexibility index (Phi) is 3.11. The summed E-state index contributed by atoms with van der Waals surface area (Å²) in [5.41, 5.74) is 7.28. The molecule has 1 aliphatic carbocycles. The zero-order valence-corrected chi connectivity index (χ0v) is 11.6. The molecule has 3 rings (SSSR count). The molecule has 1 aromatic heterocycles. The Hall–Kier alpha value is -0.940. The molecule has 4 nitrogen and oxygen atoms in total. The number of hydrogen-bond donors (Lipinski definition) is 1. The summed E-state index contributed by atoms with van der Waals surface area (Å²) in [5, 5.41) is 0. The molecule has 1 saturated carbocycles. The highest BCUT2D eigenvalue weighted by atomic mass is 79.9. The van der Waals surface area contributed by atoms with Crippen molar-refractivity contribution in [2.24, 2.45) is 5.73 Å². The maximum absolute atomic E-state index is 12.1. The molecule has 18 heavy (non-hydrogen) atoms. The minimum atomic E-state index is -0.0104. The number of likely N-dealkylation sites (tertiary alicyclic amines) is 1. The van der Waals surface area contributed by atoms with Gasteiger partial charge in [-0.15, -0.1) is 0 Å². The fraction of sp³-hybridized carbons (Fsp3) is 0.538. The molecule has 0 bridgehead atoms. The van der Waals surface area contributed by atoms with Crippen LogP contribution in [-0.4, -0.2) is 27.9 Å². The zero-order valence-electron chi connectivity index (χ0n) is 10.1. The number of amides is 1. The molecular weight excluding hydrogens is 294 g/mol. The summed E-state index contributed by atoms with van der Waals surface area (Å²) in [4.78, 5) is 18.3. The average molecular weight is 310 g/mol. The van der Waals surface area contributed by atoms with Gasteiger partial charge in [0.1, 0.15) is 0 Å². The smallest absolute Gasteiger partial charge is 0.223 e. The van der Waals surface area contributed by atoms with Crippen LogP contribution in [-0.2, 0) is 4.79 Å². The Morgan fingerprint density at radius 1 is 1.33 bits per heavy atom. The summed E-state index contributed by atoms with van der Waals surface area (Å²) in [5.74, 6) is 0.240. The van der Waals surface area contributed by atoms with Gasteiger partial charge in [-0.1, -0.05) is 0 Å². The SMILES string of the molecule is NC1CCC(=O)N(C2CC2)C1c1cncc(Br)c1. The van der Waals surface area contributed by atoms with Crippen LogP contribution in [0, 0.1) is 0 Å². The summed E-state index contributed by atoms with van der Waals surface area (Å²) in [6.07, 6.45) is 7.13. The second kappa shape index (κ2) is 4.63. The molecule has 2 heterocycles. The molecule has 2 aliphatic rings. The zero-order chi connectivity index (χ0) is 12.7. The van der Waals surface area contributed by atoms with Gasteiger partial charge in [-0.2, -0.15) is 0 Å². The van der Waals surface area contributed by atoms with Crippen LogP contribution in [0.2, 0.25) is 0 Å². The first-order valence-corrected chi connectivity index (χ1v) is 7.13. The molecule has 1 amide bonds. The van der Waals surface area contributed by atoms with E-state index in [1.807, 2.05) is 17.2 Å². The van der Waals surface area contributed by atoms with Crippen molar-refractivity contribution in [3.8, 4) is 0 Å². The fourth-order valence-corrected chi connectivity index (χ4v) is 3.10. The van der Waals surface area contributed by atoms with Crippen molar-refractivity contribution in [3.63, 3.8) is 0 Å². The second-order valence-corrected chi connectivity index (χ2v) is 6.03. The summed E-state index contributed by atoms with van der Waals surface area (Å²) in [6.45, 7) is 0. The maximum Gasteiger partial charge on any atom is 0.223 e. The van der Waals surface area contributed by atoms with Gasteiger partial charge >= 0.3 is 0 Å². The van der Waals surface area contributed by atoms with Crippen LogP contribution in [0.25, 0.3) is 0 Å². The van der Waals surface area contributed by atoms with Crippen molar-refractivity contribution >= 4 is 21.8 Å². The van der Waals surface area contributed by atoms with Crippen LogP contribution < -0.4 is 5.73 Å². The summed E-state index contributed by atoms with van der Waals surface area (Å²) < 4.78 is 0.931. The molecule has 2 unspecified atom stereocenters. The summed E-state index contributed by atoms with van der Waals surface area (Å²) in [7, 11) is 0. The monoisotopic (exact) mass is 309 g/mol. The van der Waals surface area contributed by atoms with Gasteiger partial charge in [0, 0.05) is 35.4 Å². The fourth-order valence-electron chi connectivity index (χ4n) is 2.72. The molecule has 0 spiro atoms. The predicted octanol–water partition coefficient (Wildman–Crippen LogP) is 2.00. The number of carbonyl (C=O) groups is 1. The largest absolute Gasteiger partial charge is 0.331 e. The third kappa shape index (κ3) is 2.17. The lowest BCUT2D eigenvalue weighted by molar-refractivity contribution is -0.138. The Morgan fingerprint density at radius 2 is 2.11 bits per heavy atom. The molecule has 2 atom stereocenters. The van der Waals surface area contributed by atoms with Gasteiger partial charge in [0.2, 0.25) is 5.91 Å². The number of hydrogen-bond acceptors (Lipinski definition) is 3. The van der Waals surface area contributed by atoms with Crippen molar-refractivity contribution in [1.29, 1.82) is 0 Å². The highest BCUT2D eigenvalue weighted by Gasteiger charge is 2.43. The minimum Gasteiger partial charge on any atom is -0.331 e. The lowest BCUT2D eigenvalue weighted by Crippen LogP contribution is -2.49. The van der Waals surface area contributed by atoms with Crippen LogP contribution in [0.1, 0.15) is 37.3 Å². The first-order valence-electron chi connectivity index (χ1n) is 6.34. The van der Waals surface area contributed by atoms with Crippen molar-refractivity contribution in [2.75, 3.05) is 0 Å². The van der Waals surface area contributed by atoms with E-state index in [1.54, 1.807) is 6.20 Å².